The average molecular weight is 270 g/mol. The van der Waals surface area contributed by atoms with Gasteiger partial charge in [0.1, 0.15) is 6.10 Å². The van der Waals surface area contributed by atoms with Crippen LogP contribution in [-0.2, 0) is 0 Å². The highest BCUT2D eigenvalue weighted by atomic mass is 35.5. The van der Waals surface area contributed by atoms with Crippen LogP contribution in [0.5, 0.6) is 0 Å². The summed E-state index contributed by atoms with van der Waals surface area (Å²) in [7, 11) is 0. The fourth-order valence-electron chi connectivity index (χ4n) is 0.888. The highest BCUT2D eigenvalue weighted by molar-refractivity contribution is 6.47. The quantitative estimate of drug-likeness (QED) is 0.671. The van der Waals surface area contributed by atoms with E-state index in [4.69, 9.17) is 58.0 Å². The molecular weight excluding hydrogens is 265 g/mol. The van der Waals surface area contributed by atoms with Crippen LogP contribution in [0.4, 0.5) is 0 Å². The summed E-state index contributed by atoms with van der Waals surface area (Å²) >= 11 is 28.6. The van der Waals surface area contributed by atoms with Gasteiger partial charge in [0.15, 0.2) is 0 Å². The van der Waals surface area contributed by atoms with Gasteiger partial charge in [0.05, 0.1) is 26.2 Å². The van der Waals surface area contributed by atoms with Crippen LogP contribution >= 0.6 is 58.0 Å². The molecule has 4 atom stereocenters. The summed E-state index contributed by atoms with van der Waals surface area (Å²) in [5.41, 5.74) is 0. The van der Waals surface area contributed by atoms with Crippen LogP contribution in [0, 0.1) is 0 Å². The first kappa shape index (κ1) is 11.2. The summed E-state index contributed by atoms with van der Waals surface area (Å²) in [5, 5.41) is 7.65. The lowest BCUT2D eigenvalue weighted by Crippen LogP contribution is -2.40. The van der Waals surface area contributed by atoms with Gasteiger partial charge in [-0.1, -0.05) is 23.2 Å². The molecule has 0 radical (unpaired) electrons. The molecular formula is C6H5Cl5O. The van der Waals surface area contributed by atoms with Crippen LogP contribution in [0.25, 0.3) is 0 Å². The number of hydrogen-bond acceptors (Lipinski definition) is 1. The number of aliphatic hydroxyl groups excluding tert-OH is 1. The molecule has 12 heavy (non-hydrogen) atoms. The fourth-order valence-corrected chi connectivity index (χ4v) is 2.46. The van der Waals surface area contributed by atoms with E-state index < -0.39 is 22.2 Å². The molecule has 1 rings (SSSR count). The maximum absolute atomic E-state index is 9.36. The van der Waals surface area contributed by atoms with Gasteiger partial charge in [0, 0.05) is 0 Å². The minimum atomic E-state index is -1.03. The summed E-state index contributed by atoms with van der Waals surface area (Å²) in [4.78, 5) is 0. The lowest BCUT2D eigenvalue weighted by atomic mass is 10.0. The van der Waals surface area contributed by atoms with Crippen LogP contribution in [0.2, 0.25) is 0 Å². The van der Waals surface area contributed by atoms with Crippen molar-refractivity contribution < 1.29 is 5.11 Å². The summed E-state index contributed by atoms with van der Waals surface area (Å²) in [6, 6.07) is 0. The van der Waals surface area contributed by atoms with E-state index in [0.717, 1.165) is 0 Å². The van der Waals surface area contributed by atoms with Crippen LogP contribution in [0.15, 0.2) is 10.1 Å². The van der Waals surface area contributed by atoms with Gasteiger partial charge in [-0.05, 0) is 0 Å². The standard InChI is InChI=1S/C6H5Cl5O/c7-1-2(8)4(10)6(12)5(11)3(1)9/h1-2,4,6,12H. The summed E-state index contributed by atoms with van der Waals surface area (Å²) in [5.74, 6) is 0. The first-order valence-corrected chi connectivity index (χ1v) is 5.18. The van der Waals surface area contributed by atoms with Crippen LogP contribution in [0.3, 0.4) is 0 Å². The lowest BCUT2D eigenvalue weighted by Gasteiger charge is -2.30. The molecule has 0 aromatic heterocycles. The molecule has 0 amide bonds. The van der Waals surface area contributed by atoms with Crippen molar-refractivity contribution in [1.29, 1.82) is 0 Å². The van der Waals surface area contributed by atoms with E-state index in [1.54, 1.807) is 0 Å². The van der Waals surface area contributed by atoms with E-state index in [1.807, 2.05) is 0 Å². The van der Waals surface area contributed by atoms with Crippen molar-refractivity contribution in [2.75, 3.05) is 0 Å². The van der Waals surface area contributed by atoms with Gasteiger partial charge in [-0.2, -0.15) is 0 Å². The van der Waals surface area contributed by atoms with E-state index in [2.05, 4.69) is 0 Å². The van der Waals surface area contributed by atoms with Crippen molar-refractivity contribution in [2.24, 2.45) is 0 Å². The lowest BCUT2D eigenvalue weighted by molar-refractivity contribution is 0.204. The van der Waals surface area contributed by atoms with Gasteiger partial charge in [0.25, 0.3) is 0 Å². The monoisotopic (exact) mass is 268 g/mol. The van der Waals surface area contributed by atoms with Crippen molar-refractivity contribution in [3.63, 3.8) is 0 Å². The van der Waals surface area contributed by atoms with Crippen molar-refractivity contribution in [1.82, 2.24) is 0 Å². The van der Waals surface area contributed by atoms with E-state index in [9.17, 15) is 5.11 Å². The average Bonchev–Trinajstić information content (AvgIpc) is 2.08. The number of alkyl halides is 3. The van der Waals surface area contributed by atoms with Gasteiger partial charge in [-0.15, -0.1) is 34.8 Å². The van der Waals surface area contributed by atoms with Gasteiger partial charge < -0.3 is 5.11 Å². The highest BCUT2D eigenvalue weighted by Crippen LogP contribution is 2.39. The Hall–Kier alpha value is 1.15. The second-order valence-corrected chi connectivity index (χ2v) is 4.72. The fraction of sp³-hybridized carbons (Fsp3) is 0.667. The van der Waals surface area contributed by atoms with Gasteiger partial charge in [-0.25, -0.2) is 0 Å². The molecule has 0 aromatic rings. The second-order valence-electron chi connectivity index (χ2n) is 2.43. The molecule has 0 spiro atoms. The Labute approximate surface area is 95.2 Å². The molecule has 1 nitrogen and oxygen atoms in total. The Morgan fingerprint density at radius 3 is 1.92 bits per heavy atom. The third kappa shape index (κ3) is 1.82. The zero-order valence-corrected chi connectivity index (χ0v) is 9.43. The summed E-state index contributed by atoms with van der Waals surface area (Å²) in [6.07, 6.45) is -1.03. The normalized spacial score (nSPS) is 43.5. The molecule has 0 saturated heterocycles. The number of halogens is 5. The van der Waals surface area contributed by atoms with E-state index >= 15 is 0 Å². The predicted molar refractivity (Wildman–Crippen MR) is 53.7 cm³/mol. The molecule has 4 unspecified atom stereocenters. The molecule has 0 saturated carbocycles. The predicted octanol–water partition coefficient (Wildman–Crippen LogP) is 2.87. The third-order valence-corrected chi connectivity index (χ3v) is 4.47. The van der Waals surface area contributed by atoms with Crippen molar-refractivity contribution >= 4 is 58.0 Å². The van der Waals surface area contributed by atoms with Gasteiger partial charge in [-0.3, -0.25) is 0 Å². The van der Waals surface area contributed by atoms with Crippen molar-refractivity contribution in [2.45, 2.75) is 22.2 Å². The Morgan fingerprint density at radius 2 is 1.42 bits per heavy atom. The van der Waals surface area contributed by atoms with Crippen LogP contribution < -0.4 is 0 Å². The Morgan fingerprint density at radius 1 is 0.917 bits per heavy atom. The summed E-state index contributed by atoms with van der Waals surface area (Å²) < 4.78 is 0. The molecule has 0 fully saturated rings. The first-order chi connectivity index (χ1) is 5.46. The van der Waals surface area contributed by atoms with Gasteiger partial charge >= 0.3 is 0 Å². The largest absolute Gasteiger partial charge is 0.386 e. The Bertz CT molecular complexity index is 194. The summed E-state index contributed by atoms with van der Waals surface area (Å²) in [6.45, 7) is 0. The molecule has 1 N–H and O–H groups in total. The highest BCUT2D eigenvalue weighted by Gasteiger charge is 2.40. The number of hydrogen-bond donors (Lipinski definition) is 1. The molecule has 0 aliphatic heterocycles. The van der Waals surface area contributed by atoms with Gasteiger partial charge in [0.2, 0.25) is 0 Å². The van der Waals surface area contributed by atoms with E-state index in [-0.39, 0.29) is 10.1 Å². The van der Waals surface area contributed by atoms with Crippen LogP contribution in [0.1, 0.15) is 0 Å². The van der Waals surface area contributed by atoms with E-state index in [0.29, 0.717) is 0 Å². The first-order valence-electron chi connectivity index (χ1n) is 3.12. The minimum Gasteiger partial charge on any atom is -0.386 e. The SMILES string of the molecule is OC1C(Cl)=C(Cl)C(Cl)C(Cl)C1Cl. The number of allylic oxidation sites excluding steroid dienone is 1. The smallest absolute Gasteiger partial charge is 0.109 e. The molecule has 0 bridgehead atoms. The Kier molecular flexibility index (Phi) is 3.85. The third-order valence-electron chi connectivity index (χ3n) is 1.62. The number of aliphatic hydroxyl groups is 1. The maximum atomic E-state index is 9.36. The maximum Gasteiger partial charge on any atom is 0.109 e. The Balaban J connectivity index is 3.00. The van der Waals surface area contributed by atoms with E-state index in [1.165, 1.54) is 0 Å². The van der Waals surface area contributed by atoms with Crippen molar-refractivity contribution in [3.8, 4) is 0 Å². The minimum absolute atomic E-state index is 0.0774. The second kappa shape index (κ2) is 4.12. The molecule has 70 valence electrons. The number of rotatable bonds is 0. The molecule has 6 heteroatoms. The molecule has 1 aliphatic carbocycles. The molecule has 0 heterocycles. The zero-order chi connectivity index (χ0) is 9.46. The van der Waals surface area contributed by atoms with Crippen molar-refractivity contribution in [3.05, 3.63) is 10.1 Å². The zero-order valence-electron chi connectivity index (χ0n) is 5.65. The topological polar surface area (TPSA) is 20.2 Å². The van der Waals surface area contributed by atoms with Crippen LogP contribution in [-0.4, -0.2) is 27.3 Å². The molecule has 0 aromatic carbocycles. The molecule has 1 aliphatic rings.